The van der Waals surface area contributed by atoms with Crippen molar-refractivity contribution < 1.29 is 85.9 Å². The molecule has 536 valence electrons. The highest BCUT2D eigenvalue weighted by Gasteiger charge is 2.43. The molecule has 6 aromatic carbocycles. The Morgan fingerprint density at radius 3 is 1.88 bits per heavy atom. The predicted molar refractivity (Wildman–Crippen MR) is 375 cm³/mol. The number of amides is 8. The van der Waals surface area contributed by atoms with E-state index in [4.69, 9.17) is 47.7 Å². The van der Waals surface area contributed by atoms with Gasteiger partial charge in [0.05, 0.1) is 88.4 Å². The Kier molecular flexibility index (Phi) is 23.8. The largest absolute Gasteiger partial charge is 0.493 e. The van der Waals surface area contributed by atoms with Crippen molar-refractivity contribution >= 4 is 93.8 Å². The highest BCUT2D eigenvalue weighted by molar-refractivity contribution is 6.16. The lowest BCUT2D eigenvalue weighted by molar-refractivity contribution is -0.197. The van der Waals surface area contributed by atoms with Crippen molar-refractivity contribution in [2.45, 2.75) is 116 Å². The summed E-state index contributed by atoms with van der Waals surface area (Å²) in [5.41, 5.74) is 8.00. The number of hydroxylamine groups is 2. The highest BCUT2D eigenvalue weighted by Crippen LogP contribution is 2.45. The molecule has 0 saturated carbocycles. The molecule has 4 atom stereocenters. The Hall–Kier alpha value is -10.9. The number of aliphatic imine (C=N–C) groups is 1. The van der Waals surface area contributed by atoms with E-state index in [2.05, 4.69) is 21.3 Å². The third-order valence-corrected chi connectivity index (χ3v) is 17.9. The molecule has 5 aliphatic rings. The van der Waals surface area contributed by atoms with Crippen LogP contribution >= 0.6 is 0 Å². The molecule has 0 unspecified atom stereocenters. The summed E-state index contributed by atoms with van der Waals surface area (Å²) < 4.78 is 47.4. The van der Waals surface area contributed by atoms with Gasteiger partial charge in [-0.1, -0.05) is 62.4 Å². The molecule has 0 aliphatic carbocycles. The van der Waals surface area contributed by atoms with Crippen molar-refractivity contribution in [3.8, 4) is 23.0 Å². The SMILES string of the molecule is COCCOCCOCCNc1cc(COc2cc3c(cc2OC)C(=O)N2c4ccccc4C[C@H]2C=N3)cc(COc2cc3c(cc2OC)C(=O)N2c4ccccc4C[C@H]2CN3C(=O)OCc2ccc(NC(=O)[C@H](C)NC(=O)[C@@H](NC(=O)CCCCC(=O)ON3C(=O)CCC3=O)C(C)C)cc2)c1. The number of anilines is 5. The summed E-state index contributed by atoms with van der Waals surface area (Å²) >= 11 is 0. The third-order valence-electron chi connectivity index (χ3n) is 17.9. The van der Waals surface area contributed by atoms with E-state index in [1.165, 1.54) is 26.0 Å². The van der Waals surface area contributed by atoms with E-state index >= 15 is 0 Å². The number of hydrogen-bond acceptors (Lipinski definition) is 20. The minimum absolute atomic E-state index is 0.0143. The summed E-state index contributed by atoms with van der Waals surface area (Å²) in [6.07, 6.45) is 2.46. The Morgan fingerprint density at radius 2 is 1.21 bits per heavy atom. The van der Waals surface area contributed by atoms with Gasteiger partial charge in [0.1, 0.15) is 31.9 Å². The average Bonchev–Trinajstić information content (AvgIpc) is 1.60. The van der Waals surface area contributed by atoms with Crippen molar-refractivity contribution in [1.29, 1.82) is 0 Å². The number of nitrogens with one attached hydrogen (secondary N) is 4. The molecule has 27 heteroatoms. The zero-order valence-electron chi connectivity index (χ0n) is 57.7. The number of fused-ring (bicyclic) bond motifs is 8. The summed E-state index contributed by atoms with van der Waals surface area (Å²) in [4.78, 5) is 134. The fourth-order valence-electron chi connectivity index (χ4n) is 12.7. The van der Waals surface area contributed by atoms with E-state index in [1.807, 2.05) is 66.7 Å². The zero-order valence-corrected chi connectivity index (χ0v) is 57.7. The molecule has 11 rings (SSSR count). The average molecular weight is 1400 g/mol. The van der Waals surface area contributed by atoms with Crippen LogP contribution in [0.25, 0.3) is 0 Å². The molecule has 8 amide bonds. The van der Waals surface area contributed by atoms with E-state index in [9.17, 15) is 43.2 Å². The molecule has 6 aromatic rings. The van der Waals surface area contributed by atoms with Gasteiger partial charge in [-0.2, -0.15) is 0 Å². The first kappa shape index (κ1) is 72.4. The molecule has 1 saturated heterocycles. The maximum absolute atomic E-state index is 14.9. The first-order chi connectivity index (χ1) is 49.4. The monoisotopic (exact) mass is 1400 g/mol. The van der Waals surface area contributed by atoms with Gasteiger partial charge in [0.25, 0.3) is 23.6 Å². The molecule has 5 aliphatic heterocycles. The summed E-state index contributed by atoms with van der Waals surface area (Å²) in [7, 11) is 4.60. The fraction of sp³-hybridized carbons (Fsp3) is 0.387. The van der Waals surface area contributed by atoms with Crippen LogP contribution in [0, 0.1) is 5.92 Å². The molecule has 0 bridgehead atoms. The standard InChI is InChI=1S/C75H83N9O18/c1-45(2)70(80-66(85)17-11-12-18-69(88)102-84-67(86)23-24-68(84)87)72(90)78-46(3)71(89)79-52-21-19-47(20-22-52)42-101-75(93)81-41-55-35-51-14-8-10-16-60(51)83(55)74(92)57-37-63(96-6)65(39-61(57)81)100-44-49-31-48(32-53(33-49)76-25-26-97-29-30-98-28-27-94-4)43-99-64-38-58-56(36-62(64)95-5)73(91)82-54(40-77-58)34-50-13-7-9-15-59(50)82/h7-10,13-16,19-22,31-33,36-40,45-46,54-55,70,76H,11-12,17-18,23-30,34-35,41-44H2,1-6H3,(H,78,90)(H,79,89)(H,80,85)/t46-,54-,55-,70-/m0/s1. The molecular weight excluding hydrogens is 1310 g/mol. The fourth-order valence-corrected chi connectivity index (χ4v) is 12.7. The number of methoxy groups -OCH3 is 3. The summed E-state index contributed by atoms with van der Waals surface area (Å²) in [6.45, 7) is 7.47. The van der Waals surface area contributed by atoms with Crippen LogP contribution in [0.15, 0.2) is 120 Å². The van der Waals surface area contributed by atoms with Crippen LogP contribution in [0.3, 0.4) is 0 Å². The number of nitrogens with zero attached hydrogens (tertiary/aromatic N) is 5. The molecule has 5 heterocycles. The second-order valence-corrected chi connectivity index (χ2v) is 25.4. The minimum atomic E-state index is -1.03. The second kappa shape index (κ2) is 33.5. The number of ether oxygens (including phenoxy) is 8. The summed E-state index contributed by atoms with van der Waals surface area (Å²) in [6, 6.07) is 31.7. The lowest BCUT2D eigenvalue weighted by Crippen LogP contribution is -2.53. The van der Waals surface area contributed by atoms with Crippen LogP contribution in [0.5, 0.6) is 23.0 Å². The van der Waals surface area contributed by atoms with Crippen LogP contribution < -0.4 is 54.9 Å². The third kappa shape index (κ3) is 17.3. The lowest BCUT2D eigenvalue weighted by atomic mass is 10.0. The van der Waals surface area contributed by atoms with Crippen LogP contribution in [-0.4, -0.2) is 156 Å². The van der Waals surface area contributed by atoms with Gasteiger partial charge < -0.3 is 68.9 Å². The maximum Gasteiger partial charge on any atom is 0.414 e. The quantitative estimate of drug-likeness (QED) is 0.0226. The number of carbonyl (C=O) groups is 9. The van der Waals surface area contributed by atoms with Gasteiger partial charge in [-0.05, 0) is 115 Å². The van der Waals surface area contributed by atoms with Crippen molar-refractivity contribution in [2.75, 3.05) is 92.8 Å². The lowest BCUT2D eigenvalue weighted by Gasteiger charge is -2.26. The maximum atomic E-state index is 14.9. The van der Waals surface area contributed by atoms with Crippen molar-refractivity contribution in [3.05, 3.63) is 154 Å². The predicted octanol–water partition coefficient (Wildman–Crippen LogP) is 8.72. The molecule has 27 nitrogen and oxygen atoms in total. The number of imide groups is 1. The van der Waals surface area contributed by atoms with E-state index in [0.717, 1.165) is 33.8 Å². The Balaban J connectivity index is 0.751. The Morgan fingerprint density at radius 1 is 0.588 bits per heavy atom. The van der Waals surface area contributed by atoms with Gasteiger partial charge in [0, 0.05) is 86.9 Å². The number of rotatable bonds is 32. The van der Waals surface area contributed by atoms with Crippen molar-refractivity contribution in [3.63, 3.8) is 0 Å². The number of carbonyl (C=O) groups excluding carboxylic acids is 9. The molecular formula is C75H83N9O18. The normalized spacial score (nSPS) is 16.1. The van der Waals surface area contributed by atoms with Crippen LogP contribution in [0.1, 0.15) is 108 Å². The molecule has 102 heavy (non-hydrogen) atoms. The topological polar surface area (TPSA) is 310 Å². The molecule has 1 fully saturated rings. The van der Waals surface area contributed by atoms with E-state index < -0.39 is 59.7 Å². The molecule has 0 radical (unpaired) electrons. The Labute approximate surface area is 589 Å². The molecule has 0 aromatic heterocycles. The Bertz CT molecular complexity index is 4150. The number of para-hydroxylation sites is 2. The smallest absolute Gasteiger partial charge is 0.414 e. The zero-order chi connectivity index (χ0) is 72.0. The van der Waals surface area contributed by atoms with E-state index in [-0.39, 0.29) is 111 Å². The van der Waals surface area contributed by atoms with Gasteiger partial charge in [-0.3, -0.25) is 48.4 Å². The van der Waals surface area contributed by atoms with E-state index in [1.54, 1.807) is 85.5 Å². The van der Waals surface area contributed by atoms with E-state index in [0.29, 0.717) is 97.0 Å². The van der Waals surface area contributed by atoms with Crippen molar-refractivity contribution in [1.82, 2.24) is 15.7 Å². The van der Waals surface area contributed by atoms with Gasteiger partial charge >= 0.3 is 12.1 Å². The van der Waals surface area contributed by atoms with Crippen molar-refractivity contribution in [2.24, 2.45) is 10.9 Å². The first-order valence-electron chi connectivity index (χ1n) is 34.0. The molecule has 0 spiro atoms. The summed E-state index contributed by atoms with van der Waals surface area (Å²) in [5.74, 6) is -3.23. The van der Waals surface area contributed by atoms with Gasteiger partial charge in [0.2, 0.25) is 17.7 Å². The second-order valence-electron chi connectivity index (χ2n) is 25.4. The van der Waals surface area contributed by atoms with Gasteiger partial charge in [-0.15, -0.1) is 5.06 Å². The summed E-state index contributed by atoms with van der Waals surface area (Å²) in [5, 5.41) is 12.1. The van der Waals surface area contributed by atoms with Crippen LogP contribution in [0.4, 0.5) is 38.9 Å². The first-order valence-corrected chi connectivity index (χ1v) is 34.0. The highest BCUT2D eigenvalue weighted by atomic mass is 16.7. The van der Waals surface area contributed by atoms with Gasteiger partial charge in [0.15, 0.2) is 23.0 Å². The number of benzene rings is 6. The molecule has 4 N–H and O–H groups in total. The minimum Gasteiger partial charge on any atom is -0.493 e. The van der Waals surface area contributed by atoms with Crippen LogP contribution in [0.2, 0.25) is 0 Å². The van der Waals surface area contributed by atoms with Gasteiger partial charge in [-0.25, -0.2) is 9.59 Å². The number of unbranched alkanes of at least 4 members (excludes halogenated alkanes) is 1. The number of hydrogen-bond donors (Lipinski definition) is 4. The van der Waals surface area contributed by atoms with Crippen LogP contribution in [-0.2, 0) is 85.2 Å².